The Morgan fingerprint density at radius 3 is 2.59 bits per heavy atom. The van der Waals surface area contributed by atoms with Crippen LogP contribution in [-0.4, -0.2) is 78.0 Å². The van der Waals surface area contributed by atoms with Crippen molar-refractivity contribution in [3.05, 3.63) is 64.0 Å². The summed E-state index contributed by atoms with van der Waals surface area (Å²) in [6.07, 6.45) is 4.21. The van der Waals surface area contributed by atoms with E-state index in [0.29, 0.717) is 43.2 Å². The molecule has 2 saturated heterocycles. The van der Waals surface area contributed by atoms with E-state index in [1.807, 2.05) is 41.5 Å². The molecule has 2 aliphatic heterocycles. The van der Waals surface area contributed by atoms with E-state index in [-0.39, 0.29) is 19.1 Å². The second kappa shape index (κ2) is 13.1. The van der Waals surface area contributed by atoms with E-state index >= 15 is 0 Å². The number of benzene rings is 2. The Hall–Kier alpha value is -3.78. The number of hydrogen-bond donors (Lipinski definition) is 1. The lowest BCUT2D eigenvalue weighted by atomic mass is 9.81. The molecule has 10 heteroatoms. The maximum Gasteiger partial charge on any atom is 0.225 e. The van der Waals surface area contributed by atoms with Gasteiger partial charge in [-0.3, -0.25) is 9.69 Å². The Bertz CT molecular complexity index is 1550. The topological polar surface area (TPSA) is 110 Å². The van der Waals surface area contributed by atoms with Gasteiger partial charge in [-0.05, 0) is 56.4 Å². The highest BCUT2D eigenvalue weighted by atomic mass is 32.1. The highest BCUT2D eigenvalue weighted by molar-refractivity contribution is 7.14. The molecule has 1 aromatic heterocycles. The van der Waals surface area contributed by atoms with Crippen molar-refractivity contribution < 1.29 is 19.4 Å². The van der Waals surface area contributed by atoms with Crippen molar-refractivity contribution in [2.75, 3.05) is 50.8 Å². The number of aryl methyl sites for hydroxylation is 1. The zero-order valence-corrected chi connectivity index (χ0v) is 26.0. The van der Waals surface area contributed by atoms with E-state index < -0.39 is 5.41 Å². The van der Waals surface area contributed by atoms with Gasteiger partial charge in [0.25, 0.3) is 0 Å². The van der Waals surface area contributed by atoms with Crippen molar-refractivity contribution in [1.29, 1.82) is 5.26 Å². The van der Waals surface area contributed by atoms with Crippen LogP contribution in [0.15, 0.2) is 41.8 Å². The van der Waals surface area contributed by atoms with Crippen LogP contribution in [0.4, 0.5) is 5.13 Å². The molecule has 0 bridgehead atoms. The van der Waals surface area contributed by atoms with Crippen LogP contribution in [0.25, 0.3) is 11.3 Å². The number of carbonyl (C=O) groups is 2. The average Bonchev–Trinajstić information content (AvgIpc) is 3.80. The van der Waals surface area contributed by atoms with Crippen molar-refractivity contribution in [1.82, 2.24) is 14.8 Å². The van der Waals surface area contributed by atoms with Crippen LogP contribution >= 0.6 is 11.3 Å². The van der Waals surface area contributed by atoms with Crippen LogP contribution in [-0.2, 0) is 22.7 Å². The summed E-state index contributed by atoms with van der Waals surface area (Å²) in [6.45, 7) is 7.52. The first-order chi connectivity index (χ1) is 21.4. The minimum atomic E-state index is -0.638. The fourth-order valence-corrected chi connectivity index (χ4v) is 6.92. The molecule has 6 rings (SSSR count). The molecule has 1 amide bonds. The van der Waals surface area contributed by atoms with E-state index in [9.17, 15) is 20.0 Å². The normalized spacial score (nSPS) is 18.6. The molecule has 3 heterocycles. The Kier molecular flexibility index (Phi) is 8.98. The first-order valence-electron chi connectivity index (χ1n) is 15.4. The third-order valence-electron chi connectivity index (χ3n) is 9.19. The Labute approximate surface area is 262 Å². The van der Waals surface area contributed by atoms with Crippen LogP contribution in [0.1, 0.15) is 47.9 Å². The molecule has 0 atom stereocenters. The summed E-state index contributed by atoms with van der Waals surface area (Å²) in [6, 6.07) is 14.4. The molecule has 230 valence electrons. The molecule has 0 spiro atoms. The number of amides is 1. The molecule has 3 fully saturated rings. The number of nitrogens with zero attached hydrogens (tertiary/aromatic N) is 5. The van der Waals surface area contributed by atoms with E-state index in [4.69, 9.17) is 9.72 Å². The number of thiazole rings is 1. The number of piperazine rings is 1. The molecule has 1 N–H and O–H groups in total. The average molecular weight is 614 g/mol. The summed E-state index contributed by atoms with van der Waals surface area (Å²) < 4.78 is 6.32. The summed E-state index contributed by atoms with van der Waals surface area (Å²) in [7, 11) is 0. The van der Waals surface area contributed by atoms with Gasteiger partial charge in [0.05, 0.1) is 29.3 Å². The Balaban J connectivity index is 1.09. The number of nitriles is 1. The van der Waals surface area contributed by atoms with E-state index in [1.165, 1.54) is 0 Å². The lowest BCUT2D eigenvalue weighted by Gasteiger charge is -2.36. The number of anilines is 1. The van der Waals surface area contributed by atoms with Gasteiger partial charge in [0.2, 0.25) is 5.91 Å². The summed E-state index contributed by atoms with van der Waals surface area (Å²) >= 11 is 1.56. The standard InChI is InChI=1S/C34H39N5O4S/c1-24-2-7-31(29(16-24)30-21-44-33(36-30)39-10-8-34(22-40,23-41)9-11-39)43-20-27-4-3-25(17-28(27)18-35)19-37-12-14-38(15-13-37)32(42)26-5-6-26/h2-4,7,16-17,21-22,26,41H,5-6,8-15,19-20,23H2,1H3. The fourth-order valence-electron chi connectivity index (χ4n) is 6.04. The highest BCUT2D eigenvalue weighted by Gasteiger charge is 2.35. The molecular weight excluding hydrogens is 574 g/mol. The molecule has 0 unspecified atom stereocenters. The maximum atomic E-state index is 12.4. The summed E-state index contributed by atoms with van der Waals surface area (Å²) in [5, 5.41) is 22.6. The number of rotatable bonds is 10. The van der Waals surface area contributed by atoms with Gasteiger partial charge in [-0.2, -0.15) is 5.26 Å². The van der Waals surface area contributed by atoms with Gasteiger partial charge in [-0.1, -0.05) is 23.8 Å². The summed E-state index contributed by atoms with van der Waals surface area (Å²) in [5.74, 6) is 1.29. The van der Waals surface area contributed by atoms with Crippen molar-refractivity contribution in [2.24, 2.45) is 11.3 Å². The van der Waals surface area contributed by atoms with Crippen LogP contribution in [0, 0.1) is 29.6 Å². The first-order valence-corrected chi connectivity index (χ1v) is 16.3. The summed E-state index contributed by atoms with van der Waals surface area (Å²) in [4.78, 5) is 35.4. The van der Waals surface area contributed by atoms with Crippen LogP contribution < -0.4 is 9.64 Å². The monoisotopic (exact) mass is 613 g/mol. The maximum absolute atomic E-state index is 12.4. The van der Waals surface area contributed by atoms with Gasteiger partial charge in [-0.15, -0.1) is 11.3 Å². The number of aliphatic hydroxyl groups excluding tert-OH is 1. The number of aromatic nitrogens is 1. The largest absolute Gasteiger partial charge is 0.488 e. The smallest absolute Gasteiger partial charge is 0.225 e. The molecule has 44 heavy (non-hydrogen) atoms. The minimum Gasteiger partial charge on any atom is -0.488 e. The predicted octanol–water partition coefficient (Wildman–Crippen LogP) is 4.40. The van der Waals surface area contributed by atoms with Crippen molar-refractivity contribution in [3.8, 4) is 23.1 Å². The summed E-state index contributed by atoms with van der Waals surface area (Å²) in [5.41, 5.74) is 4.70. The Morgan fingerprint density at radius 2 is 1.91 bits per heavy atom. The number of ether oxygens (including phenoxy) is 1. The van der Waals surface area contributed by atoms with Crippen molar-refractivity contribution in [2.45, 2.75) is 45.8 Å². The van der Waals surface area contributed by atoms with Crippen LogP contribution in [0.2, 0.25) is 0 Å². The van der Waals surface area contributed by atoms with Gasteiger partial charge in [-0.25, -0.2) is 4.98 Å². The molecule has 3 aliphatic rings. The highest BCUT2D eigenvalue weighted by Crippen LogP contribution is 2.37. The van der Waals surface area contributed by atoms with E-state index in [1.54, 1.807) is 11.3 Å². The number of piperidine rings is 1. The second-order valence-corrected chi connectivity index (χ2v) is 13.2. The van der Waals surface area contributed by atoms with Crippen molar-refractivity contribution in [3.63, 3.8) is 0 Å². The molecule has 1 aliphatic carbocycles. The molecule has 3 aromatic rings. The third kappa shape index (κ3) is 6.65. The van der Waals surface area contributed by atoms with Crippen molar-refractivity contribution >= 4 is 28.7 Å². The number of carbonyl (C=O) groups excluding carboxylic acids is 2. The van der Waals surface area contributed by atoms with Gasteiger partial charge in [0.1, 0.15) is 18.6 Å². The predicted molar refractivity (Wildman–Crippen MR) is 169 cm³/mol. The first kappa shape index (κ1) is 30.3. The number of hydrogen-bond acceptors (Lipinski definition) is 9. The molecular formula is C34H39N5O4S. The van der Waals surface area contributed by atoms with Gasteiger partial charge in [0.15, 0.2) is 5.13 Å². The number of aldehydes is 1. The van der Waals surface area contributed by atoms with Gasteiger partial charge >= 0.3 is 0 Å². The van der Waals surface area contributed by atoms with Crippen LogP contribution in [0.5, 0.6) is 5.75 Å². The molecule has 2 aromatic carbocycles. The molecule has 9 nitrogen and oxygen atoms in total. The second-order valence-electron chi connectivity index (χ2n) is 12.4. The Morgan fingerprint density at radius 1 is 1.14 bits per heavy atom. The van der Waals surface area contributed by atoms with E-state index in [0.717, 1.165) is 84.9 Å². The lowest BCUT2D eigenvalue weighted by Crippen LogP contribution is -2.48. The number of aliphatic hydroxyl groups is 1. The zero-order chi connectivity index (χ0) is 30.7. The minimum absolute atomic E-state index is 0.117. The van der Waals surface area contributed by atoms with Crippen LogP contribution in [0.3, 0.4) is 0 Å². The third-order valence-corrected chi connectivity index (χ3v) is 10.1. The van der Waals surface area contributed by atoms with Gasteiger partial charge < -0.3 is 24.4 Å². The molecule has 1 saturated carbocycles. The SMILES string of the molecule is Cc1ccc(OCc2ccc(CN3CCN(C(=O)C4CC4)CC3)cc2C#N)c(-c2csc(N3CCC(C=O)(CO)CC3)n2)c1. The van der Waals surface area contributed by atoms with Gasteiger partial charge in [0, 0.05) is 68.2 Å². The quantitative estimate of drug-likeness (QED) is 0.335. The lowest BCUT2D eigenvalue weighted by molar-refractivity contribution is -0.134. The zero-order valence-electron chi connectivity index (χ0n) is 25.2. The molecule has 0 radical (unpaired) electrons. The fraction of sp³-hybridized carbons (Fsp3) is 0.471. The van der Waals surface area contributed by atoms with E-state index in [2.05, 4.69) is 28.0 Å².